The van der Waals surface area contributed by atoms with Gasteiger partial charge in [0.25, 0.3) is 0 Å². The van der Waals surface area contributed by atoms with Gasteiger partial charge in [-0.15, -0.1) is 0 Å². The van der Waals surface area contributed by atoms with E-state index in [0.717, 1.165) is 11.8 Å². The third-order valence-electron chi connectivity index (χ3n) is 5.81. The molecule has 26 heavy (non-hydrogen) atoms. The van der Waals surface area contributed by atoms with Gasteiger partial charge in [-0.3, -0.25) is 0 Å². The molecule has 158 valence electrons. The molecule has 0 N–H and O–H groups in total. The Balaban J connectivity index is 2.99. The first-order valence-electron chi connectivity index (χ1n) is 12.6. The van der Waals surface area contributed by atoms with E-state index >= 15 is 0 Å². The summed E-state index contributed by atoms with van der Waals surface area (Å²) in [4.78, 5) is 0. The average molecular weight is 367 g/mol. The minimum Gasteiger partial charge on any atom is -0.0628 e. The first-order chi connectivity index (χ1) is 12.6. The van der Waals surface area contributed by atoms with Crippen molar-refractivity contribution in [3.8, 4) is 0 Å². The fourth-order valence-corrected chi connectivity index (χ4v) is 3.93. The van der Waals surface area contributed by atoms with E-state index in [1.165, 1.54) is 128 Å². The van der Waals surface area contributed by atoms with Gasteiger partial charge < -0.3 is 0 Å². The van der Waals surface area contributed by atoms with Crippen LogP contribution in [0, 0.1) is 11.8 Å². The average Bonchev–Trinajstić information content (AvgIpc) is 2.59. The van der Waals surface area contributed by atoms with Crippen LogP contribution in [-0.2, 0) is 0 Å². The largest absolute Gasteiger partial charge is 0.0628 e. The van der Waals surface area contributed by atoms with E-state index in [1.807, 2.05) is 0 Å². The summed E-state index contributed by atoms with van der Waals surface area (Å²) in [6.45, 7) is 9.37. The zero-order valence-corrected chi connectivity index (χ0v) is 19.3. The molecular weight excluding hydrogens is 312 g/mol. The zero-order valence-electron chi connectivity index (χ0n) is 19.3. The lowest BCUT2D eigenvalue weighted by atomic mass is 10.0. The Kier molecular flexibility index (Phi) is 21.3. The monoisotopic (exact) mass is 366 g/mol. The molecule has 0 spiro atoms. The SMILES string of the molecule is CC(C)CCCCCCCCCCCCCCCCCCCCC(C)C. The maximum Gasteiger partial charge on any atom is -0.0471 e. The molecule has 0 heterocycles. The standard InChI is InChI=1S/C26H54/c1-25(2)23-21-19-17-15-13-11-9-7-5-6-8-10-12-14-16-18-20-22-24-26(3)4/h25-26H,5-24H2,1-4H3. The van der Waals surface area contributed by atoms with Gasteiger partial charge in [-0.05, 0) is 11.8 Å². The quantitative estimate of drug-likeness (QED) is 0.177. The maximum atomic E-state index is 2.34. The fourth-order valence-electron chi connectivity index (χ4n) is 3.93. The second kappa shape index (κ2) is 21.3. The Labute approximate surface area is 168 Å². The summed E-state index contributed by atoms with van der Waals surface area (Å²) in [7, 11) is 0. The highest BCUT2D eigenvalue weighted by Gasteiger charge is 1.97. The van der Waals surface area contributed by atoms with Gasteiger partial charge in [-0.2, -0.15) is 0 Å². The number of hydrogen-bond acceptors (Lipinski definition) is 0. The minimum atomic E-state index is 0.898. The van der Waals surface area contributed by atoms with Gasteiger partial charge in [0.1, 0.15) is 0 Å². The lowest BCUT2D eigenvalue weighted by molar-refractivity contribution is 0.496. The van der Waals surface area contributed by atoms with Crippen LogP contribution in [0.2, 0.25) is 0 Å². The van der Waals surface area contributed by atoms with Crippen molar-refractivity contribution in [2.45, 2.75) is 156 Å². The van der Waals surface area contributed by atoms with Crippen molar-refractivity contribution in [1.82, 2.24) is 0 Å². The van der Waals surface area contributed by atoms with Crippen LogP contribution < -0.4 is 0 Å². The van der Waals surface area contributed by atoms with Crippen LogP contribution in [0.4, 0.5) is 0 Å². The van der Waals surface area contributed by atoms with Gasteiger partial charge in [-0.25, -0.2) is 0 Å². The van der Waals surface area contributed by atoms with Gasteiger partial charge >= 0.3 is 0 Å². The number of rotatable bonds is 21. The van der Waals surface area contributed by atoms with Crippen LogP contribution in [-0.4, -0.2) is 0 Å². The van der Waals surface area contributed by atoms with E-state index in [1.54, 1.807) is 0 Å². The summed E-state index contributed by atoms with van der Waals surface area (Å²) >= 11 is 0. The van der Waals surface area contributed by atoms with E-state index in [-0.39, 0.29) is 0 Å². The van der Waals surface area contributed by atoms with Gasteiger partial charge in [0, 0.05) is 0 Å². The van der Waals surface area contributed by atoms with Gasteiger partial charge in [0.2, 0.25) is 0 Å². The van der Waals surface area contributed by atoms with E-state index in [9.17, 15) is 0 Å². The number of hydrogen-bond donors (Lipinski definition) is 0. The summed E-state index contributed by atoms with van der Waals surface area (Å²) in [5.41, 5.74) is 0. The summed E-state index contributed by atoms with van der Waals surface area (Å²) in [5.74, 6) is 1.80. The maximum absolute atomic E-state index is 2.34. The van der Waals surface area contributed by atoms with Crippen LogP contribution in [0.15, 0.2) is 0 Å². The summed E-state index contributed by atoms with van der Waals surface area (Å²) in [5, 5.41) is 0. The first-order valence-corrected chi connectivity index (χ1v) is 12.6. The molecule has 0 aromatic heterocycles. The Morgan fingerprint density at radius 2 is 0.423 bits per heavy atom. The number of unbranched alkanes of at least 4 members (excludes halogenated alkanes) is 17. The van der Waals surface area contributed by atoms with Crippen LogP contribution in [0.25, 0.3) is 0 Å². The van der Waals surface area contributed by atoms with Gasteiger partial charge in [0.05, 0.1) is 0 Å². The Morgan fingerprint density at radius 1 is 0.269 bits per heavy atom. The van der Waals surface area contributed by atoms with Crippen LogP contribution in [0.3, 0.4) is 0 Å². The highest BCUT2D eigenvalue weighted by atomic mass is 14.0. The first kappa shape index (κ1) is 26.0. The highest BCUT2D eigenvalue weighted by Crippen LogP contribution is 2.16. The van der Waals surface area contributed by atoms with Crippen molar-refractivity contribution < 1.29 is 0 Å². The molecule has 0 nitrogen and oxygen atoms in total. The predicted octanol–water partition coefficient (Wildman–Crippen LogP) is 10.1. The normalized spacial score (nSPS) is 11.8. The second-order valence-corrected chi connectivity index (χ2v) is 9.73. The molecular formula is C26H54. The molecule has 0 aromatic rings. The molecule has 0 amide bonds. The molecule has 0 bridgehead atoms. The summed E-state index contributed by atoms with van der Waals surface area (Å²) < 4.78 is 0. The lowest BCUT2D eigenvalue weighted by Gasteiger charge is -2.05. The molecule has 0 aliphatic rings. The second-order valence-electron chi connectivity index (χ2n) is 9.73. The molecule has 0 saturated heterocycles. The van der Waals surface area contributed by atoms with Crippen LogP contribution in [0.1, 0.15) is 156 Å². The van der Waals surface area contributed by atoms with E-state index in [2.05, 4.69) is 27.7 Å². The smallest absolute Gasteiger partial charge is 0.0471 e. The lowest BCUT2D eigenvalue weighted by Crippen LogP contribution is -1.87. The highest BCUT2D eigenvalue weighted by molar-refractivity contribution is 4.52. The third-order valence-corrected chi connectivity index (χ3v) is 5.81. The Bertz CT molecular complexity index is 214. The van der Waals surface area contributed by atoms with Crippen molar-refractivity contribution in [3.05, 3.63) is 0 Å². The van der Waals surface area contributed by atoms with E-state index in [0.29, 0.717) is 0 Å². The predicted molar refractivity (Wildman–Crippen MR) is 122 cm³/mol. The summed E-state index contributed by atoms with van der Waals surface area (Å²) in [6.07, 6.45) is 29.5. The molecule has 0 radical (unpaired) electrons. The van der Waals surface area contributed by atoms with E-state index in [4.69, 9.17) is 0 Å². The van der Waals surface area contributed by atoms with E-state index < -0.39 is 0 Å². The van der Waals surface area contributed by atoms with Gasteiger partial charge in [0.15, 0.2) is 0 Å². The molecule has 0 unspecified atom stereocenters. The molecule has 0 heteroatoms. The van der Waals surface area contributed by atoms with Crippen molar-refractivity contribution >= 4 is 0 Å². The van der Waals surface area contributed by atoms with Crippen molar-refractivity contribution in [1.29, 1.82) is 0 Å². The molecule has 0 atom stereocenters. The van der Waals surface area contributed by atoms with Crippen molar-refractivity contribution in [3.63, 3.8) is 0 Å². The minimum absolute atomic E-state index is 0.898. The molecule has 0 aliphatic heterocycles. The van der Waals surface area contributed by atoms with Crippen LogP contribution in [0.5, 0.6) is 0 Å². The van der Waals surface area contributed by atoms with Crippen LogP contribution >= 0.6 is 0 Å². The molecule has 0 aliphatic carbocycles. The topological polar surface area (TPSA) is 0 Å². The molecule has 0 saturated carbocycles. The molecule has 0 aromatic carbocycles. The third kappa shape index (κ3) is 24.0. The van der Waals surface area contributed by atoms with Gasteiger partial charge in [-0.1, -0.05) is 156 Å². The van der Waals surface area contributed by atoms with Crippen molar-refractivity contribution in [2.24, 2.45) is 11.8 Å². The fraction of sp³-hybridized carbons (Fsp3) is 1.00. The molecule has 0 rings (SSSR count). The Morgan fingerprint density at radius 3 is 0.577 bits per heavy atom. The van der Waals surface area contributed by atoms with Crippen molar-refractivity contribution in [2.75, 3.05) is 0 Å². The summed E-state index contributed by atoms with van der Waals surface area (Å²) in [6, 6.07) is 0. The molecule has 0 fully saturated rings. The Hall–Kier alpha value is 0. The zero-order chi connectivity index (χ0) is 19.3.